The van der Waals surface area contributed by atoms with Gasteiger partial charge in [0.25, 0.3) is 0 Å². The fourth-order valence-corrected chi connectivity index (χ4v) is 1.07. The first-order chi connectivity index (χ1) is 6.24. The number of aliphatic hydroxyl groups is 2. The highest BCUT2D eigenvalue weighted by molar-refractivity contribution is 4.94. The molecule has 2 aliphatic rings. The number of hydrogen-bond donors (Lipinski definition) is 2. The van der Waals surface area contributed by atoms with E-state index >= 15 is 0 Å². The number of ether oxygens (including phenoxy) is 3. The lowest BCUT2D eigenvalue weighted by Crippen LogP contribution is -2.30. The molecule has 0 bridgehead atoms. The van der Waals surface area contributed by atoms with Gasteiger partial charge >= 0.3 is 0 Å². The third-order valence-corrected chi connectivity index (χ3v) is 2.41. The molecule has 0 aromatic carbocycles. The Balaban J connectivity index is 1.64. The second kappa shape index (κ2) is 3.18. The van der Waals surface area contributed by atoms with Crippen molar-refractivity contribution in [3.05, 3.63) is 0 Å². The lowest BCUT2D eigenvalue weighted by molar-refractivity contribution is 0.00991. The van der Waals surface area contributed by atoms with Gasteiger partial charge in [-0.05, 0) is 0 Å². The number of rotatable bonds is 6. The first-order valence-corrected chi connectivity index (χ1v) is 4.32. The zero-order valence-electron chi connectivity index (χ0n) is 7.36. The van der Waals surface area contributed by atoms with Crippen LogP contribution < -0.4 is 0 Å². The Morgan fingerprint density at radius 3 is 1.62 bits per heavy atom. The summed E-state index contributed by atoms with van der Waals surface area (Å²) < 4.78 is 15.4. The van der Waals surface area contributed by atoms with Crippen molar-refractivity contribution in [1.82, 2.24) is 0 Å². The molecule has 0 amide bonds. The molecule has 0 saturated carbocycles. The SMILES string of the molecule is OCC1(COCC2(CO)CO2)CO1. The summed E-state index contributed by atoms with van der Waals surface area (Å²) in [5.74, 6) is 0. The minimum atomic E-state index is -0.467. The molecule has 2 fully saturated rings. The normalized spacial score (nSPS) is 42.0. The Bertz CT molecular complexity index is 165. The minimum absolute atomic E-state index is 0.0139. The molecule has 2 unspecified atom stereocenters. The second-order valence-electron chi connectivity index (χ2n) is 3.75. The van der Waals surface area contributed by atoms with E-state index in [0.717, 1.165) is 0 Å². The molecule has 2 rings (SSSR count). The topological polar surface area (TPSA) is 74.8 Å². The van der Waals surface area contributed by atoms with Crippen molar-refractivity contribution in [2.75, 3.05) is 39.6 Å². The Morgan fingerprint density at radius 1 is 1.00 bits per heavy atom. The van der Waals surface area contributed by atoms with E-state index < -0.39 is 11.2 Å². The van der Waals surface area contributed by atoms with E-state index in [-0.39, 0.29) is 13.2 Å². The van der Waals surface area contributed by atoms with Crippen LogP contribution in [-0.4, -0.2) is 61.1 Å². The van der Waals surface area contributed by atoms with Gasteiger partial charge in [-0.25, -0.2) is 0 Å². The molecule has 5 nitrogen and oxygen atoms in total. The molecular formula is C8H14O5. The molecule has 0 aromatic rings. The van der Waals surface area contributed by atoms with E-state index in [1.54, 1.807) is 0 Å². The predicted molar refractivity (Wildman–Crippen MR) is 42.4 cm³/mol. The van der Waals surface area contributed by atoms with E-state index in [4.69, 9.17) is 24.4 Å². The fraction of sp³-hybridized carbons (Fsp3) is 1.00. The van der Waals surface area contributed by atoms with Crippen LogP contribution >= 0.6 is 0 Å². The molecule has 0 radical (unpaired) electrons. The van der Waals surface area contributed by atoms with Crippen LogP contribution in [0.3, 0.4) is 0 Å². The van der Waals surface area contributed by atoms with Gasteiger partial charge in [-0.2, -0.15) is 0 Å². The standard InChI is InChI=1S/C8H14O5/c9-1-7(5-12-7)3-11-4-8(2-10)6-13-8/h9-10H,1-6H2. The van der Waals surface area contributed by atoms with Gasteiger partial charge in [-0.15, -0.1) is 0 Å². The van der Waals surface area contributed by atoms with E-state index in [2.05, 4.69) is 0 Å². The van der Waals surface area contributed by atoms with Gasteiger partial charge in [0, 0.05) is 0 Å². The molecule has 2 atom stereocenters. The summed E-state index contributed by atoms with van der Waals surface area (Å²) in [5, 5.41) is 17.7. The minimum Gasteiger partial charge on any atom is -0.393 e. The lowest BCUT2D eigenvalue weighted by atomic mass is 10.2. The molecule has 5 heteroatoms. The Hall–Kier alpha value is -0.200. The molecule has 13 heavy (non-hydrogen) atoms. The Morgan fingerprint density at radius 2 is 1.38 bits per heavy atom. The van der Waals surface area contributed by atoms with Gasteiger partial charge in [-0.1, -0.05) is 0 Å². The van der Waals surface area contributed by atoms with Crippen molar-refractivity contribution >= 4 is 0 Å². The molecule has 0 aliphatic carbocycles. The highest BCUT2D eigenvalue weighted by Crippen LogP contribution is 2.29. The summed E-state index contributed by atoms with van der Waals surface area (Å²) in [6.07, 6.45) is 0. The Kier molecular flexibility index (Phi) is 2.29. The van der Waals surface area contributed by atoms with E-state index in [1.807, 2.05) is 0 Å². The highest BCUT2D eigenvalue weighted by atomic mass is 16.7. The van der Waals surface area contributed by atoms with Crippen molar-refractivity contribution in [1.29, 1.82) is 0 Å². The summed E-state index contributed by atoms with van der Waals surface area (Å²) in [4.78, 5) is 0. The molecule has 2 heterocycles. The van der Waals surface area contributed by atoms with Gasteiger partial charge in [0.2, 0.25) is 0 Å². The molecule has 76 valence electrons. The maximum absolute atomic E-state index is 8.87. The summed E-state index contributed by atoms with van der Waals surface area (Å²) in [5.41, 5.74) is -0.933. The van der Waals surface area contributed by atoms with Gasteiger partial charge in [0.15, 0.2) is 0 Å². The average molecular weight is 190 g/mol. The first kappa shape index (κ1) is 9.36. The van der Waals surface area contributed by atoms with Crippen LogP contribution in [0.5, 0.6) is 0 Å². The van der Waals surface area contributed by atoms with Gasteiger partial charge in [-0.3, -0.25) is 0 Å². The maximum Gasteiger partial charge on any atom is 0.138 e. The van der Waals surface area contributed by atoms with Crippen LogP contribution in [0.1, 0.15) is 0 Å². The van der Waals surface area contributed by atoms with Crippen molar-refractivity contribution in [3.63, 3.8) is 0 Å². The molecule has 0 spiro atoms. The third-order valence-electron chi connectivity index (χ3n) is 2.41. The summed E-state index contributed by atoms with van der Waals surface area (Å²) >= 11 is 0. The fourth-order valence-electron chi connectivity index (χ4n) is 1.07. The number of aliphatic hydroxyl groups excluding tert-OH is 2. The second-order valence-corrected chi connectivity index (χ2v) is 3.75. The monoisotopic (exact) mass is 190 g/mol. The molecule has 2 saturated heterocycles. The van der Waals surface area contributed by atoms with Gasteiger partial charge in [0.05, 0.1) is 39.6 Å². The summed E-state index contributed by atoms with van der Waals surface area (Å²) in [6.45, 7) is 1.82. The molecular weight excluding hydrogens is 176 g/mol. The molecule has 0 aromatic heterocycles. The van der Waals surface area contributed by atoms with E-state index in [1.165, 1.54) is 0 Å². The van der Waals surface area contributed by atoms with Crippen molar-refractivity contribution < 1.29 is 24.4 Å². The number of epoxide rings is 2. The largest absolute Gasteiger partial charge is 0.393 e. The summed E-state index contributed by atoms with van der Waals surface area (Å²) in [6, 6.07) is 0. The zero-order chi connectivity index (χ0) is 9.36. The van der Waals surface area contributed by atoms with Crippen molar-refractivity contribution in [2.24, 2.45) is 0 Å². The van der Waals surface area contributed by atoms with Crippen LogP contribution in [0.25, 0.3) is 0 Å². The smallest absolute Gasteiger partial charge is 0.138 e. The highest BCUT2D eigenvalue weighted by Gasteiger charge is 2.48. The van der Waals surface area contributed by atoms with Crippen molar-refractivity contribution in [2.45, 2.75) is 11.2 Å². The van der Waals surface area contributed by atoms with Crippen molar-refractivity contribution in [3.8, 4) is 0 Å². The third kappa shape index (κ3) is 2.00. The van der Waals surface area contributed by atoms with E-state index in [9.17, 15) is 0 Å². The van der Waals surface area contributed by atoms with Gasteiger partial charge < -0.3 is 24.4 Å². The molecule has 2 aliphatic heterocycles. The molecule has 2 N–H and O–H groups in total. The average Bonchev–Trinajstić information content (AvgIpc) is 3.01. The van der Waals surface area contributed by atoms with Crippen LogP contribution in [0.4, 0.5) is 0 Å². The summed E-state index contributed by atoms with van der Waals surface area (Å²) in [7, 11) is 0. The Labute approximate surface area is 76.2 Å². The van der Waals surface area contributed by atoms with E-state index in [0.29, 0.717) is 26.4 Å². The zero-order valence-corrected chi connectivity index (χ0v) is 7.36. The first-order valence-electron chi connectivity index (χ1n) is 4.32. The lowest BCUT2D eigenvalue weighted by Gasteiger charge is -2.12. The van der Waals surface area contributed by atoms with Crippen LogP contribution in [0, 0.1) is 0 Å². The quantitative estimate of drug-likeness (QED) is 0.500. The van der Waals surface area contributed by atoms with Gasteiger partial charge in [0.1, 0.15) is 11.2 Å². The van der Waals surface area contributed by atoms with Crippen LogP contribution in [-0.2, 0) is 14.2 Å². The van der Waals surface area contributed by atoms with Crippen LogP contribution in [0.2, 0.25) is 0 Å². The number of hydrogen-bond acceptors (Lipinski definition) is 5. The maximum atomic E-state index is 8.87. The predicted octanol–water partition coefficient (Wildman–Crippen LogP) is -1.47. The van der Waals surface area contributed by atoms with Crippen LogP contribution in [0.15, 0.2) is 0 Å².